The molecule has 0 saturated carbocycles. The number of hydrogen-bond donors (Lipinski definition) is 2. The summed E-state index contributed by atoms with van der Waals surface area (Å²) in [5.74, 6) is 0.899. The Morgan fingerprint density at radius 2 is 1.84 bits per heavy atom. The molecule has 0 aliphatic heterocycles. The van der Waals surface area contributed by atoms with E-state index in [-0.39, 0.29) is 6.61 Å². The van der Waals surface area contributed by atoms with Gasteiger partial charge in [0.2, 0.25) is 0 Å². The fourth-order valence-electron chi connectivity index (χ4n) is 1.92. The van der Waals surface area contributed by atoms with E-state index >= 15 is 0 Å². The zero-order valence-corrected chi connectivity index (χ0v) is 11.8. The van der Waals surface area contributed by atoms with Gasteiger partial charge in [-0.1, -0.05) is 19.1 Å². The van der Waals surface area contributed by atoms with Crippen LogP contribution in [0.3, 0.4) is 0 Å². The molecule has 19 heavy (non-hydrogen) atoms. The highest BCUT2D eigenvalue weighted by Gasteiger charge is 2.01. The average molecular weight is 266 g/mol. The van der Waals surface area contributed by atoms with Crippen molar-refractivity contribution in [3.05, 3.63) is 29.8 Å². The van der Waals surface area contributed by atoms with Crippen LogP contribution >= 0.6 is 0 Å². The lowest BCUT2D eigenvalue weighted by molar-refractivity contribution is 0.213. The maximum Gasteiger partial charge on any atom is 0.119 e. The van der Waals surface area contributed by atoms with Crippen LogP contribution in [0.1, 0.15) is 25.3 Å². The van der Waals surface area contributed by atoms with Crippen molar-refractivity contribution in [2.45, 2.75) is 26.3 Å². The van der Waals surface area contributed by atoms with Gasteiger partial charge in [0.05, 0.1) is 6.61 Å². The Morgan fingerprint density at radius 3 is 2.42 bits per heavy atom. The Labute approximate surface area is 116 Å². The van der Waals surface area contributed by atoms with Crippen molar-refractivity contribution in [2.24, 2.45) is 5.73 Å². The molecule has 0 amide bonds. The maximum absolute atomic E-state index is 8.81. The first-order valence-electron chi connectivity index (χ1n) is 7.05. The largest absolute Gasteiger partial charge is 0.494 e. The van der Waals surface area contributed by atoms with Gasteiger partial charge in [-0.05, 0) is 37.1 Å². The Kier molecular flexibility index (Phi) is 8.21. The van der Waals surface area contributed by atoms with Crippen LogP contribution in [0.15, 0.2) is 24.3 Å². The van der Waals surface area contributed by atoms with Crippen molar-refractivity contribution in [1.29, 1.82) is 0 Å². The number of rotatable bonds is 10. The Hall–Kier alpha value is -1.10. The third-order valence-electron chi connectivity index (χ3n) is 3.13. The molecule has 0 spiro atoms. The summed E-state index contributed by atoms with van der Waals surface area (Å²) in [5.41, 5.74) is 6.66. The van der Waals surface area contributed by atoms with Crippen molar-refractivity contribution in [1.82, 2.24) is 4.90 Å². The summed E-state index contributed by atoms with van der Waals surface area (Å²) < 4.78 is 5.69. The van der Waals surface area contributed by atoms with E-state index in [1.807, 2.05) is 24.3 Å². The second-order valence-electron chi connectivity index (χ2n) is 4.56. The highest BCUT2D eigenvalue weighted by molar-refractivity contribution is 5.26. The number of benzene rings is 1. The van der Waals surface area contributed by atoms with Crippen molar-refractivity contribution in [3.8, 4) is 5.75 Å². The molecule has 0 aliphatic carbocycles. The highest BCUT2D eigenvalue weighted by Crippen LogP contribution is 2.12. The van der Waals surface area contributed by atoms with Crippen molar-refractivity contribution >= 4 is 0 Å². The molecule has 108 valence electrons. The molecule has 0 radical (unpaired) electrons. The molecule has 0 atom stereocenters. The zero-order valence-electron chi connectivity index (χ0n) is 11.8. The minimum Gasteiger partial charge on any atom is -0.494 e. The smallest absolute Gasteiger partial charge is 0.119 e. The molecule has 0 fully saturated rings. The number of aliphatic hydroxyl groups excluding tert-OH is 1. The van der Waals surface area contributed by atoms with Gasteiger partial charge in [-0.25, -0.2) is 0 Å². The Morgan fingerprint density at radius 1 is 1.16 bits per heavy atom. The number of hydrogen-bond acceptors (Lipinski definition) is 4. The molecule has 0 bridgehead atoms. The first kappa shape index (κ1) is 16.0. The first-order valence-corrected chi connectivity index (χ1v) is 7.05. The van der Waals surface area contributed by atoms with Crippen LogP contribution in [0.2, 0.25) is 0 Å². The fraction of sp³-hybridized carbons (Fsp3) is 0.600. The molecule has 0 unspecified atom stereocenters. The van der Waals surface area contributed by atoms with Gasteiger partial charge < -0.3 is 20.5 Å². The third-order valence-corrected chi connectivity index (χ3v) is 3.13. The van der Waals surface area contributed by atoms with E-state index in [0.717, 1.165) is 50.4 Å². The highest BCUT2D eigenvalue weighted by atomic mass is 16.5. The van der Waals surface area contributed by atoms with Crippen LogP contribution in [0.25, 0.3) is 0 Å². The second kappa shape index (κ2) is 9.78. The number of aliphatic hydroxyl groups is 1. The predicted molar refractivity (Wildman–Crippen MR) is 78.3 cm³/mol. The fourth-order valence-corrected chi connectivity index (χ4v) is 1.92. The lowest BCUT2D eigenvalue weighted by Gasteiger charge is -2.19. The Balaban J connectivity index is 2.18. The van der Waals surface area contributed by atoms with Gasteiger partial charge in [0.15, 0.2) is 0 Å². The quantitative estimate of drug-likeness (QED) is 0.632. The van der Waals surface area contributed by atoms with Gasteiger partial charge in [-0.2, -0.15) is 0 Å². The van der Waals surface area contributed by atoms with Crippen LogP contribution in [-0.4, -0.2) is 42.9 Å². The molecule has 4 nitrogen and oxygen atoms in total. The molecule has 0 heterocycles. The van der Waals surface area contributed by atoms with E-state index < -0.39 is 0 Å². The molecule has 0 aromatic heterocycles. The summed E-state index contributed by atoms with van der Waals surface area (Å²) in [7, 11) is 0. The lowest BCUT2D eigenvalue weighted by Crippen LogP contribution is -2.27. The summed E-state index contributed by atoms with van der Waals surface area (Å²) in [6.45, 7) is 6.68. The number of ether oxygens (including phenoxy) is 1. The SMILES string of the molecule is CCN(CCCO)CCCOc1ccc(CN)cc1. The van der Waals surface area contributed by atoms with Crippen LogP contribution in [0.4, 0.5) is 0 Å². The minimum atomic E-state index is 0.264. The molecule has 0 aliphatic rings. The second-order valence-corrected chi connectivity index (χ2v) is 4.56. The van der Waals surface area contributed by atoms with E-state index in [9.17, 15) is 0 Å². The molecule has 1 aromatic carbocycles. The molecule has 0 saturated heterocycles. The number of nitrogens with two attached hydrogens (primary N) is 1. The normalized spacial score (nSPS) is 10.9. The molecule has 3 N–H and O–H groups in total. The lowest BCUT2D eigenvalue weighted by atomic mass is 10.2. The van der Waals surface area contributed by atoms with Gasteiger partial charge in [0.25, 0.3) is 0 Å². The predicted octanol–water partition coefficient (Wildman–Crippen LogP) is 1.62. The summed E-state index contributed by atoms with van der Waals surface area (Å²) >= 11 is 0. The van der Waals surface area contributed by atoms with Gasteiger partial charge in [0.1, 0.15) is 5.75 Å². The monoisotopic (exact) mass is 266 g/mol. The topological polar surface area (TPSA) is 58.7 Å². The first-order chi connectivity index (χ1) is 9.30. The van der Waals surface area contributed by atoms with Crippen LogP contribution in [-0.2, 0) is 6.54 Å². The molecule has 4 heteroatoms. The van der Waals surface area contributed by atoms with Crippen LogP contribution < -0.4 is 10.5 Å². The van der Waals surface area contributed by atoms with Crippen LogP contribution in [0.5, 0.6) is 5.75 Å². The van der Waals surface area contributed by atoms with E-state index in [1.54, 1.807) is 0 Å². The van der Waals surface area contributed by atoms with Gasteiger partial charge >= 0.3 is 0 Å². The average Bonchev–Trinajstić information content (AvgIpc) is 2.47. The maximum atomic E-state index is 8.81. The number of nitrogens with zero attached hydrogens (tertiary/aromatic N) is 1. The molecule has 1 aromatic rings. The standard InChI is InChI=1S/C15H26N2O2/c1-2-17(9-3-11-18)10-4-12-19-15-7-5-14(13-16)6-8-15/h5-8,18H,2-4,9-13,16H2,1H3. The van der Waals surface area contributed by atoms with Crippen molar-refractivity contribution < 1.29 is 9.84 Å². The van der Waals surface area contributed by atoms with E-state index in [4.69, 9.17) is 15.6 Å². The zero-order chi connectivity index (χ0) is 13.9. The van der Waals surface area contributed by atoms with Gasteiger partial charge in [0, 0.05) is 26.2 Å². The summed E-state index contributed by atoms with van der Waals surface area (Å²) in [6.07, 6.45) is 1.84. The summed E-state index contributed by atoms with van der Waals surface area (Å²) in [4.78, 5) is 2.33. The van der Waals surface area contributed by atoms with Crippen LogP contribution in [0, 0.1) is 0 Å². The molecular weight excluding hydrogens is 240 g/mol. The molecule has 1 rings (SSSR count). The van der Waals surface area contributed by atoms with Crippen molar-refractivity contribution in [3.63, 3.8) is 0 Å². The Bertz CT molecular complexity index is 327. The van der Waals surface area contributed by atoms with Gasteiger partial charge in [-0.3, -0.25) is 0 Å². The summed E-state index contributed by atoms with van der Waals surface area (Å²) in [5, 5.41) is 8.81. The molecular formula is C15H26N2O2. The van der Waals surface area contributed by atoms with E-state index in [0.29, 0.717) is 6.54 Å². The minimum absolute atomic E-state index is 0.264. The van der Waals surface area contributed by atoms with E-state index in [1.165, 1.54) is 0 Å². The summed E-state index contributed by atoms with van der Waals surface area (Å²) in [6, 6.07) is 7.92. The third kappa shape index (κ3) is 6.57. The van der Waals surface area contributed by atoms with Crippen molar-refractivity contribution in [2.75, 3.05) is 32.8 Å². The van der Waals surface area contributed by atoms with Gasteiger partial charge in [-0.15, -0.1) is 0 Å². The van der Waals surface area contributed by atoms with E-state index in [2.05, 4.69) is 11.8 Å².